The number of carbonyl (C=O) groups excluding carboxylic acids is 1. The van der Waals surface area contributed by atoms with Crippen LogP contribution in [0.4, 0.5) is 0 Å². The number of thiophene rings is 1. The fourth-order valence-electron chi connectivity index (χ4n) is 3.94. The molecule has 6 heteroatoms. The predicted molar refractivity (Wildman–Crippen MR) is 130 cm³/mol. The highest BCUT2D eigenvalue weighted by atomic mass is 32.1. The van der Waals surface area contributed by atoms with Gasteiger partial charge in [0.1, 0.15) is 5.75 Å². The van der Waals surface area contributed by atoms with E-state index < -0.39 is 0 Å². The van der Waals surface area contributed by atoms with E-state index in [0.29, 0.717) is 30.0 Å². The number of aryl methyl sites for hydroxylation is 2. The average molecular weight is 447 g/mol. The molecule has 0 saturated carbocycles. The summed E-state index contributed by atoms with van der Waals surface area (Å²) in [4.78, 5) is 32.3. The van der Waals surface area contributed by atoms with Crippen molar-refractivity contribution < 1.29 is 9.53 Å². The van der Waals surface area contributed by atoms with Gasteiger partial charge >= 0.3 is 0 Å². The summed E-state index contributed by atoms with van der Waals surface area (Å²) in [6.07, 6.45) is 0. The molecular weight excluding hydrogens is 420 g/mol. The third-order valence-corrected chi connectivity index (χ3v) is 6.22. The molecule has 0 aliphatic heterocycles. The largest absolute Gasteiger partial charge is 0.493 e. The number of pyridine rings is 1. The van der Waals surface area contributed by atoms with Crippen LogP contribution >= 0.6 is 11.3 Å². The summed E-state index contributed by atoms with van der Waals surface area (Å²) >= 11 is 1.59. The number of rotatable bonds is 7. The summed E-state index contributed by atoms with van der Waals surface area (Å²) in [5, 5.41) is 2.95. The number of fused-ring (bicyclic) bond motifs is 1. The van der Waals surface area contributed by atoms with E-state index in [0.717, 1.165) is 26.9 Å². The molecule has 4 rings (SSSR count). The number of nitrogens with one attached hydrogen (secondary N) is 1. The van der Waals surface area contributed by atoms with E-state index in [1.165, 1.54) is 0 Å². The number of aromatic amines is 1. The van der Waals surface area contributed by atoms with Crippen LogP contribution in [0.2, 0.25) is 0 Å². The fourth-order valence-corrected chi connectivity index (χ4v) is 4.66. The molecular formula is C26H26N2O3S. The summed E-state index contributed by atoms with van der Waals surface area (Å²) in [7, 11) is 0. The fraction of sp³-hybridized carbons (Fsp3) is 0.231. The molecule has 2 aromatic heterocycles. The van der Waals surface area contributed by atoms with E-state index >= 15 is 0 Å². The minimum absolute atomic E-state index is 0.164. The van der Waals surface area contributed by atoms with Crippen LogP contribution in [0.1, 0.15) is 38.8 Å². The molecule has 164 valence electrons. The van der Waals surface area contributed by atoms with Crippen LogP contribution < -0.4 is 10.3 Å². The summed E-state index contributed by atoms with van der Waals surface area (Å²) in [5.74, 6) is 0.386. The Morgan fingerprint density at radius 2 is 1.88 bits per heavy atom. The Hall–Kier alpha value is -3.38. The predicted octanol–water partition coefficient (Wildman–Crippen LogP) is 5.45. The van der Waals surface area contributed by atoms with Gasteiger partial charge in [-0.15, -0.1) is 11.3 Å². The number of amides is 1. The van der Waals surface area contributed by atoms with Crippen molar-refractivity contribution in [3.8, 4) is 5.75 Å². The number of hydrogen-bond acceptors (Lipinski definition) is 4. The molecule has 0 spiro atoms. The van der Waals surface area contributed by atoms with Gasteiger partial charge in [-0.2, -0.15) is 0 Å². The highest BCUT2D eigenvalue weighted by Gasteiger charge is 2.22. The van der Waals surface area contributed by atoms with Gasteiger partial charge in [0.05, 0.1) is 30.8 Å². The molecule has 1 N–H and O–H groups in total. The second-order valence-electron chi connectivity index (χ2n) is 7.84. The van der Waals surface area contributed by atoms with Gasteiger partial charge in [-0.3, -0.25) is 9.59 Å². The Balaban J connectivity index is 1.74. The van der Waals surface area contributed by atoms with Gasteiger partial charge in [-0.1, -0.05) is 29.8 Å². The van der Waals surface area contributed by atoms with Gasteiger partial charge < -0.3 is 14.6 Å². The quantitative estimate of drug-likeness (QED) is 0.411. The van der Waals surface area contributed by atoms with Crippen LogP contribution in [-0.2, 0) is 13.1 Å². The molecule has 0 bridgehead atoms. The first kappa shape index (κ1) is 21.8. The van der Waals surface area contributed by atoms with E-state index in [4.69, 9.17) is 4.74 Å². The smallest absolute Gasteiger partial charge is 0.258 e. The van der Waals surface area contributed by atoms with E-state index in [-0.39, 0.29) is 18.0 Å². The summed E-state index contributed by atoms with van der Waals surface area (Å²) in [6.45, 7) is 7.01. The van der Waals surface area contributed by atoms with Crippen LogP contribution in [0.25, 0.3) is 10.9 Å². The van der Waals surface area contributed by atoms with Gasteiger partial charge in [0.15, 0.2) is 0 Å². The SMILES string of the molecule is CCOc1ccccc1C(=O)N(Cc1cccs1)Cc1cc2cc(C)cc(C)c2[nH]c1=O. The average Bonchev–Trinajstić information content (AvgIpc) is 3.28. The topological polar surface area (TPSA) is 62.4 Å². The maximum Gasteiger partial charge on any atom is 0.258 e. The first-order chi connectivity index (χ1) is 15.5. The van der Waals surface area contributed by atoms with Crippen molar-refractivity contribution in [3.63, 3.8) is 0 Å². The number of benzene rings is 2. The zero-order valence-corrected chi connectivity index (χ0v) is 19.3. The first-order valence-corrected chi connectivity index (χ1v) is 11.5. The standard InChI is InChI=1S/C26H26N2O3S/c1-4-31-23-10-6-5-9-22(23)26(30)28(16-21-8-7-11-32-21)15-20-14-19-13-17(2)12-18(3)24(19)27-25(20)29/h5-14H,4,15-16H2,1-3H3,(H,27,29). The Morgan fingerprint density at radius 1 is 1.06 bits per heavy atom. The molecule has 0 unspecified atom stereocenters. The highest BCUT2D eigenvalue weighted by molar-refractivity contribution is 7.09. The van der Waals surface area contributed by atoms with Crippen molar-refractivity contribution in [1.82, 2.24) is 9.88 Å². The maximum absolute atomic E-state index is 13.6. The number of hydrogen-bond donors (Lipinski definition) is 1. The van der Waals surface area contributed by atoms with E-state index in [1.54, 1.807) is 28.4 Å². The minimum Gasteiger partial charge on any atom is -0.493 e. The minimum atomic E-state index is -0.175. The zero-order chi connectivity index (χ0) is 22.7. The molecule has 0 atom stereocenters. The Labute approximate surface area is 191 Å². The van der Waals surface area contributed by atoms with Gasteiger partial charge in [0.25, 0.3) is 11.5 Å². The third kappa shape index (κ3) is 4.60. The van der Waals surface area contributed by atoms with Gasteiger partial charge in [0, 0.05) is 10.4 Å². The van der Waals surface area contributed by atoms with Crippen molar-refractivity contribution >= 4 is 28.1 Å². The maximum atomic E-state index is 13.6. The van der Waals surface area contributed by atoms with Crippen molar-refractivity contribution in [2.45, 2.75) is 33.9 Å². The molecule has 4 aromatic rings. The summed E-state index contributed by atoms with van der Waals surface area (Å²) in [5.41, 5.74) is 3.87. The molecule has 1 amide bonds. The van der Waals surface area contributed by atoms with Crippen LogP contribution in [-0.4, -0.2) is 22.4 Å². The first-order valence-electron chi connectivity index (χ1n) is 10.6. The Kier molecular flexibility index (Phi) is 6.42. The molecule has 0 radical (unpaired) electrons. The second-order valence-corrected chi connectivity index (χ2v) is 8.87. The number of para-hydroxylation sites is 1. The van der Waals surface area contributed by atoms with Crippen molar-refractivity contribution in [1.29, 1.82) is 0 Å². The highest BCUT2D eigenvalue weighted by Crippen LogP contribution is 2.24. The van der Waals surface area contributed by atoms with E-state index in [9.17, 15) is 9.59 Å². The van der Waals surface area contributed by atoms with Gasteiger partial charge in [-0.05, 0) is 67.4 Å². The molecule has 32 heavy (non-hydrogen) atoms. The normalized spacial score (nSPS) is 11.0. The monoisotopic (exact) mass is 446 g/mol. The number of ether oxygens (including phenoxy) is 1. The van der Waals surface area contributed by atoms with Crippen LogP contribution in [0.3, 0.4) is 0 Å². The van der Waals surface area contributed by atoms with E-state index in [1.807, 2.05) is 56.5 Å². The Morgan fingerprint density at radius 3 is 2.62 bits per heavy atom. The summed E-state index contributed by atoms with van der Waals surface area (Å²) in [6, 6.07) is 17.2. The lowest BCUT2D eigenvalue weighted by molar-refractivity contribution is 0.0727. The Bertz CT molecular complexity index is 1310. The number of carbonyl (C=O) groups is 1. The molecule has 0 aliphatic carbocycles. The van der Waals surface area contributed by atoms with Crippen LogP contribution in [0.15, 0.2) is 64.8 Å². The third-order valence-electron chi connectivity index (χ3n) is 5.36. The molecule has 0 aliphatic rings. The lowest BCUT2D eigenvalue weighted by Gasteiger charge is -2.23. The molecule has 5 nitrogen and oxygen atoms in total. The second kappa shape index (κ2) is 9.40. The van der Waals surface area contributed by atoms with Crippen LogP contribution in [0.5, 0.6) is 5.75 Å². The van der Waals surface area contributed by atoms with E-state index in [2.05, 4.69) is 17.1 Å². The van der Waals surface area contributed by atoms with Crippen molar-refractivity contribution in [2.75, 3.05) is 6.61 Å². The number of H-pyrrole nitrogens is 1. The molecule has 2 heterocycles. The van der Waals surface area contributed by atoms with Gasteiger partial charge in [0.2, 0.25) is 0 Å². The van der Waals surface area contributed by atoms with Crippen molar-refractivity contribution in [3.05, 3.63) is 97.5 Å². The molecule has 2 aromatic carbocycles. The molecule has 0 fully saturated rings. The summed E-state index contributed by atoms with van der Waals surface area (Å²) < 4.78 is 5.69. The lowest BCUT2D eigenvalue weighted by atomic mass is 10.0. The zero-order valence-electron chi connectivity index (χ0n) is 18.5. The van der Waals surface area contributed by atoms with Gasteiger partial charge in [-0.25, -0.2) is 0 Å². The van der Waals surface area contributed by atoms with Crippen molar-refractivity contribution in [2.24, 2.45) is 0 Å². The number of aromatic nitrogens is 1. The number of nitrogens with zero attached hydrogens (tertiary/aromatic N) is 1. The lowest BCUT2D eigenvalue weighted by Crippen LogP contribution is -2.32. The van der Waals surface area contributed by atoms with Crippen LogP contribution in [0, 0.1) is 13.8 Å². The molecule has 0 saturated heterocycles.